The van der Waals surface area contributed by atoms with Crippen LogP contribution in [0.2, 0.25) is 0 Å². The van der Waals surface area contributed by atoms with E-state index in [0.717, 1.165) is 11.1 Å². The monoisotopic (exact) mass is 217 g/mol. The standard InChI is InChI=1S/C11H11N3O2/c1-7-4-3-5-8(6-7)9-10(11(15)16)14(2)13-12-9/h3-6H,1-2H3,(H,15,16). The van der Waals surface area contributed by atoms with Crippen molar-refractivity contribution in [1.29, 1.82) is 0 Å². The molecule has 16 heavy (non-hydrogen) atoms. The summed E-state index contributed by atoms with van der Waals surface area (Å²) < 4.78 is 1.26. The average Bonchev–Trinajstić information content (AvgIpc) is 2.60. The van der Waals surface area contributed by atoms with E-state index in [2.05, 4.69) is 10.3 Å². The molecular formula is C11H11N3O2. The van der Waals surface area contributed by atoms with Crippen LogP contribution in [0.25, 0.3) is 11.3 Å². The first kappa shape index (κ1) is 10.4. The third kappa shape index (κ3) is 1.67. The van der Waals surface area contributed by atoms with E-state index in [1.54, 1.807) is 7.05 Å². The number of aromatic nitrogens is 3. The summed E-state index contributed by atoms with van der Waals surface area (Å²) in [6.45, 7) is 1.94. The number of nitrogens with zero attached hydrogens (tertiary/aromatic N) is 3. The summed E-state index contributed by atoms with van der Waals surface area (Å²) in [5, 5.41) is 16.7. The van der Waals surface area contributed by atoms with E-state index >= 15 is 0 Å². The van der Waals surface area contributed by atoms with Gasteiger partial charge >= 0.3 is 5.97 Å². The van der Waals surface area contributed by atoms with Crippen LogP contribution in [0.15, 0.2) is 24.3 Å². The van der Waals surface area contributed by atoms with E-state index in [1.165, 1.54) is 4.68 Å². The summed E-state index contributed by atoms with van der Waals surface area (Å²) in [4.78, 5) is 11.1. The zero-order valence-corrected chi connectivity index (χ0v) is 9.01. The molecule has 1 aromatic heterocycles. The molecule has 0 amide bonds. The summed E-state index contributed by atoms with van der Waals surface area (Å²) in [6.07, 6.45) is 0. The maximum absolute atomic E-state index is 11.1. The van der Waals surface area contributed by atoms with Crippen LogP contribution in [0.5, 0.6) is 0 Å². The Bertz CT molecular complexity index is 546. The van der Waals surface area contributed by atoms with Crippen LogP contribution in [0.1, 0.15) is 16.1 Å². The highest BCUT2D eigenvalue weighted by atomic mass is 16.4. The lowest BCUT2D eigenvalue weighted by Gasteiger charge is -2.00. The molecule has 0 radical (unpaired) electrons. The van der Waals surface area contributed by atoms with E-state index in [9.17, 15) is 4.79 Å². The van der Waals surface area contributed by atoms with Gasteiger partial charge in [-0.2, -0.15) is 0 Å². The molecule has 0 spiro atoms. The van der Waals surface area contributed by atoms with Crippen molar-refractivity contribution < 1.29 is 9.90 Å². The van der Waals surface area contributed by atoms with Gasteiger partial charge in [0, 0.05) is 12.6 Å². The number of carbonyl (C=O) groups is 1. The minimum Gasteiger partial charge on any atom is -0.476 e. The number of hydrogen-bond acceptors (Lipinski definition) is 3. The Morgan fingerprint density at radius 1 is 1.44 bits per heavy atom. The van der Waals surface area contributed by atoms with Crippen LogP contribution in [0, 0.1) is 6.92 Å². The van der Waals surface area contributed by atoms with Gasteiger partial charge in [0.1, 0.15) is 5.69 Å². The number of rotatable bonds is 2. The molecule has 0 atom stereocenters. The molecule has 2 rings (SSSR count). The quantitative estimate of drug-likeness (QED) is 0.827. The van der Waals surface area contributed by atoms with Crippen molar-refractivity contribution in [2.24, 2.45) is 7.05 Å². The van der Waals surface area contributed by atoms with Crippen molar-refractivity contribution in [2.45, 2.75) is 6.92 Å². The topological polar surface area (TPSA) is 68.0 Å². The molecule has 0 saturated heterocycles. The minimum atomic E-state index is -1.02. The molecule has 0 aliphatic heterocycles. The van der Waals surface area contributed by atoms with Crippen molar-refractivity contribution >= 4 is 5.97 Å². The van der Waals surface area contributed by atoms with Crippen molar-refractivity contribution in [3.63, 3.8) is 0 Å². The Morgan fingerprint density at radius 3 is 2.81 bits per heavy atom. The summed E-state index contributed by atoms with van der Waals surface area (Å²) in [5.41, 5.74) is 2.33. The largest absolute Gasteiger partial charge is 0.476 e. The molecule has 0 aliphatic rings. The van der Waals surface area contributed by atoms with Gasteiger partial charge in [0.05, 0.1) is 0 Å². The van der Waals surface area contributed by atoms with Gasteiger partial charge in [0.25, 0.3) is 0 Å². The van der Waals surface area contributed by atoms with Crippen LogP contribution in [0.3, 0.4) is 0 Å². The van der Waals surface area contributed by atoms with Gasteiger partial charge in [-0.05, 0) is 13.0 Å². The number of benzene rings is 1. The van der Waals surface area contributed by atoms with Gasteiger partial charge < -0.3 is 5.11 Å². The number of aryl methyl sites for hydroxylation is 2. The van der Waals surface area contributed by atoms with E-state index in [-0.39, 0.29) is 5.69 Å². The first-order chi connectivity index (χ1) is 7.59. The van der Waals surface area contributed by atoms with Crippen LogP contribution in [0.4, 0.5) is 0 Å². The maximum Gasteiger partial charge on any atom is 0.356 e. The SMILES string of the molecule is Cc1cccc(-c2nnn(C)c2C(=O)O)c1. The molecule has 1 heterocycles. The van der Waals surface area contributed by atoms with Crippen molar-refractivity contribution in [3.8, 4) is 11.3 Å². The summed E-state index contributed by atoms with van der Waals surface area (Å²) in [5.74, 6) is -1.02. The lowest BCUT2D eigenvalue weighted by molar-refractivity contribution is 0.0686. The van der Waals surface area contributed by atoms with Gasteiger partial charge in [-0.1, -0.05) is 29.0 Å². The van der Waals surface area contributed by atoms with Gasteiger partial charge in [-0.3, -0.25) is 0 Å². The molecular weight excluding hydrogens is 206 g/mol. The summed E-state index contributed by atoms with van der Waals surface area (Å²) in [7, 11) is 1.57. The van der Waals surface area contributed by atoms with Gasteiger partial charge in [-0.15, -0.1) is 5.10 Å². The Morgan fingerprint density at radius 2 is 2.19 bits per heavy atom. The average molecular weight is 217 g/mol. The molecule has 0 saturated carbocycles. The molecule has 5 heteroatoms. The smallest absolute Gasteiger partial charge is 0.356 e. The Labute approximate surface area is 92.3 Å². The van der Waals surface area contributed by atoms with Gasteiger partial charge in [-0.25, -0.2) is 9.48 Å². The fraction of sp³-hybridized carbons (Fsp3) is 0.182. The second kappa shape index (κ2) is 3.77. The van der Waals surface area contributed by atoms with Gasteiger partial charge in [0.2, 0.25) is 0 Å². The highest BCUT2D eigenvalue weighted by molar-refractivity contribution is 5.92. The summed E-state index contributed by atoms with van der Waals surface area (Å²) in [6, 6.07) is 7.52. The fourth-order valence-electron chi connectivity index (χ4n) is 1.58. The lowest BCUT2D eigenvalue weighted by Crippen LogP contribution is -2.06. The first-order valence-electron chi connectivity index (χ1n) is 4.79. The summed E-state index contributed by atoms with van der Waals surface area (Å²) >= 11 is 0. The Balaban J connectivity index is 2.60. The predicted octanol–water partition coefficient (Wildman–Crippen LogP) is 1.49. The van der Waals surface area contributed by atoms with E-state index < -0.39 is 5.97 Å². The van der Waals surface area contributed by atoms with E-state index in [1.807, 2.05) is 31.2 Å². The van der Waals surface area contributed by atoms with E-state index in [4.69, 9.17) is 5.11 Å². The van der Waals surface area contributed by atoms with Crippen molar-refractivity contribution in [1.82, 2.24) is 15.0 Å². The third-order valence-corrected chi connectivity index (χ3v) is 2.32. The molecule has 1 aromatic carbocycles. The molecule has 5 nitrogen and oxygen atoms in total. The zero-order valence-electron chi connectivity index (χ0n) is 9.01. The normalized spacial score (nSPS) is 10.4. The molecule has 0 unspecified atom stereocenters. The molecule has 2 aromatic rings. The molecule has 1 N–H and O–H groups in total. The molecule has 0 fully saturated rings. The minimum absolute atomic E-state index is 0.102. The highest BCUT2D eigenvalue weighted by Crippen LogP contribution is 2.21. The third-order valence-electron chi connectivity index (χ3n) is 2.32. The van der Waals surface area contributed by atoms with Crippen LogP contribution in [-0.2, 0) is 7.05 Å². The van der Waals surface area contributed by atoms with Crippen LogP contribution in [-0.4, -0.2) is 26.1 Å². The van der Waals surface area contributed by atoms with Crippen LogP contribution < -0.4 is 0 Å². The zero-order chi connectivity index (χ0) is 11.7. The lowest BCUT2D eigenvalue weighted by atomic mass is 10.1. The number of aromatic carboxylic acids is 1. The fourth-order valence-corrected chi connectivity index (χ4v) is 1.58. The number of hydrogen-bond donors (Lipinski definition) is 1. The first-order valence-corrected chi connectivity index (χ1v) is 4.79. The van der Waals surface area contributed by atoms with Crippen molar-refractivity contribution in [3.05, 3.63) is 35.5 Å². The second-order valence-electron chi connectivity index (χ2n) is 3.58. The number of carboxylic acid groups (broad SMARTS) is 1. The Kier molecular flexibility index (Phi) is 2.44. The van der Waals surface area contributed by atoms with Crippen LogP contribution >= 0.6 is 0 Å². The molecule has 0 aliphatic carbocycles. The second-order valence-corrected chi connectivity index (χ2v) is 3.58. The van der Waals surface area contributed by atoms with Gasteiger partial charge in [0.15, 0.2) is 5.69 Å². The maximum atomic E-state index is 11.1. The molecule has 0 bridgehead atoms. The van der Waals surface area contributed by atoms with Crippen molar-refractivity contribution in [2.75, 3.05) is 0 Å². The predicted molar refractivity (Wildman–Crippen MR) is 58.1 cm³/mol. The Hall–Kier alpha value is -2.17. The number of carboxylic acids is 1. The highest BCUT2D eigenvalue weighted by Gasteiger charge is 2.18. The van der Waals surface area contributed by atoms with E-state index in [0.29, 0.717) is 5.69 Å². The molecule has 82 valence electrons.